The summed E-state index contributed by atoms with van der Waals surface area (Å²) < 4.78 is 6.26. The molecule has 0 aliphatic rings. The van der Waals surface area contributed by atoms with Crippen molar-refractivity contribution in [3.63, 3.8) is 0 Å². The lowest BCUT2D eigenvalue weighted by atomic mass is 10.1. The number of thiocarbonyl (C=S) groups is 1. The molecule has 0 bridgehead atoms. The molecule has 32 heavy (non-hydrogen) atoms. The molecule has 164 valence electrons. The second-order valence-corrected chi connectivity index (χ2v) is 7.88. The van der Waals surface area contributed by atoms with Gasteiger partial charge in [-0.2, -0.15) is 0 Å². The van der Waals surface area contributed by atoms with Crippen LogP contribution in [0.1, 0.15) is 10.4 Å². The van der Waals surface area contributed by atoms with Crippen molar-refractivity contribution in [3.8, 4) is 5.75 Å². The number of rotatable bonds is 5. The molecular weight excluding hydrogens is 524 g/mol. The van der Waals surface area contributed by atoms with Gasteiger partial charge in [-0.25, -0.2) is 0 Å². The first-order valence-corrected chi connectivity index (χ1v) is 10.5. The van der Waals surface area contributed by atoms with Gasteiger partial charge in [-0.15, -0.1) is 0 Å². The van der Waals surface area contributed by atoms with Crippen molar-refractivity contribution in [2.75, 3.05) is 6.61 Å². The molecule has 12 heteroatoms. The van der Waals surface area contributed by atoms with Crippen molar-refractivity contribution in [1.29, 1.82) is 0 Å². The lowest BCUT2D eigenvalue weighted by Gasteiger charge is -2.12. The van der Waals surface area contributed by atoms with E-state index in [0.29, 0.717) is 10.2 Å². The molecule has 3 aromatic carbocycles. The number of nitrogens with zero attached hydrogens (tertiary/aromatic N) is 1. The summed E-state index contributed by atoms with van der Waals surface area (Å²) in [6.07, 6.45) is 0. The zero-order chi connectivity index (χ0) is 23.3. The summed E-state index contributed by atoms with van der Waals surface area (Å²) in [6.45, 7) is -0.323. The number of nitrogens with one attached hydrogen (secondary N) is 3. The van der Waals surface area contributed by atoms with E-state index in [9.17, 15) is 19.7 Å². The van der Waals surface area contributed by atoms with Crippen LogP contribution in [0.2, 0.25) is 5.02 Å². The molecule has 3 rings (SSSR count). The van der Waals surface area contributed by atoms with Crippen LogP contribution < -0.4 is 20.9 Å². The number of nitro groups is 1. The van der Waals surface area contributed by atoms with Gasteiger partial charge in [0.2, 0.25) is 0 Å². The van der Waals surface area contributed by atoms with Crippen LogP contribution >= 0.6 is 39.7 Å². The summed E-state index contributed by atoms with van der Waals surface area (Å²) >= 11 is 14.1. The summed E-state index contributed by atoms with van der Waals surface area (Å²) in [7, 11) is 0. The maximum absolute atomic E-state index is 12.1. The number of amides is 2. The quantitative estimate of drug-likeness (QED) is 0.256. The van der Waals surface area contributed by atoms with E-state index in [2.05, 4.69) is 32.1 Å². The summed E-state index contributed by atoms with van der Waals surface area (Å²) in [5.41, 5.74) is 4.14. The molecule has 0 aliphatic carbocycles. The Hall–Kier alpha value is -3.28. The predicted molar refractivity (Wildman–Crippen MR) is 127 cm³/mol. The van der Waals surface area contributed by atoms with Crippen LogP contribution in [-0.4, -0.2) is 28.5 Å². The van der Waals surface area contributed by atoms with Crippen LogP contribution in [0.15, 0.2) is 59.1 Å². The van der Waals surface area contributed by atoms with Gasteiger partial charge >= 0.3 is 0 Å². The number of nitro benzene ring substituents is 1. The van der Waals surface area contributed by atoms with E-state index < -0.39 is 22.4 Å². The highest BCUT2D eigenvalue weighted by Crippen LogP contribution is 2.33. The average molecular weight is 538 g/mol. The van der Waals surface area contributed by atoms with Crippen LogP contribution in [0.4, 0.5) is 5.69 Å². The van der Waals surface area contributed by atoms with Gasteiger partial charge in [0.15, 0.2) is 11.7 Å². The maximum Gasteiger partial charge on any atom is 0.288 e. The number of halogens is 2. The molecule has 0 radical (unpaired) electrons. The topological polar surface area (TPSA) is 123 Å². The van der Waals surface area contributed by atoms with Gasteiger partial charge in [0, 0.05) is 11.6 Å². The molecular formula is C20H14BrClN4O5S. The van der Waals surface area contributed by atoms with Crippen molar-refractivity contribution < 1.29 is 19.2 Å². The minimum atomic E-state index is -0.710. The van der Waals surface area contributed by atoms with Crippen LogP contribution in [0.3, 0.4) is 0 Å². The average Bonchev–Trinajstić information content (AvgIpc) is 2.77. The first kappa shape index (κ1) is 23.4. The highest BCUT2D eigenvalue weighted by atomic mass is 79.9. The number of hydrazine groups is 1. The number of benzene rings is 3. The van der Waals surface area contributed by atoms with E-state index in [1.165, 1.54) is 12.1 Å². The van der Waals surface area contributed by atoms with Gasteiger partial charge in [-0.3, -0.25) is 35.9 Å². The Labute approximate surface area is 200 Å². The Morgan fingerprint density at radius 1 is 1.12 bits per heavy atom. The zero-order valence-electron chi connectivity index (χ0n) is 16.1. The van der Waals surface area contributed by atoms with Crippen molar-refractivity contribution in [2.45, 2.75) is 0 Å². The van der Waals surface area contributed by atoms with E-state index >= 15 is 0 Å². The lowest BCUT2D eigenvalue weighted by molar-refractivity contribution is -0.384. The predicted octanol–water partition coefficient (Wildman–Crippen LogP) is 3.88. The molecule has 0 atom stereocenters. The Morgan fingerprint density at radius 2 is 1.88 bits per heavy atom. The van der Waals surface area contributed by atoms with Crippen molar-refractivity contribution >= 4 is 73.1 Å². The van der Waals surface area contributed by atoms with Crippen LogP contribution in [-0.2, 0) is 4.79 Å². The maximum atomic E-state index is 12.1. The van der Waals surface area contributed by atoms with Gasteiger partial charge in [0.05, 0.1) is 9.40 Å². The molecule has 0 heterocycles. The fourth-order valence-electron chi connectivity index (χ4n) is 2.64. The third-order valence-electron chi connectivity index (χ3n) is 4.13. The Balaban J connectivity index is 1.50. The van der Waals surface area contributed by atoms with E-state index in [1.807, 2.05) is 30.3 Å². The van der Waals surface area contributed by atoms with Gasteiger partial charge in [-0.05, 0) is 57.1 Å². The van der Waals surface area contributed by atoms with Crippen molar-refractivity contribution in [1.82, 2.24) is 16.2 Å². The number of carbonyl (C=O) groups excluding carboxylic acids is 2. The van der Waals surface area contributed by atoms with Gasteiger partial charge in [-0.1, -0.05) is 41.9 Å². The smallest absolute Gasteiger partial charge is 0.288 e. The largest absolute Gasteiger partial charge is 0.483 e. The van der Waals surface area contributed by atoms with E-state index in [0.717, 1.165) is 16.8 Å². The highest BCUT2D eigenvalue weighted by molar-refractivity contribution is 9.10. The molecule has 0 saturated carbocycles. The molecule has 0 aromatic heterocycles. The molecule has 0 saturated heterocycles. The molecule has 0 spiro atoms. The summed E-state index contributed by atoms with van der Waals surface area (Å²) in [5.74, 6) is -0.785. The van der Waals surface area contributed by atoms with Gasteiger partial charge in [0.1, 0.15) is 10.8 Å². The van der Waals surface area contributed by atoms with Crippen LogP contribution in [0.5, 0.6) is 5.75 Å². The first-order valence-electron chi connectivity index (χ1n) is 8.90. The molecule has 0 aliphatic heterocycles. The third kappa shape index (κ3) is 5.69. The van der Waals surface area contributed by atoms with E-state index in [-0.39, 0.29) is 22.3 Å². The molecule has 3 aromatic rings. The normalized spacial score (nSPS) is 10.3. The Morgan fingerprint density at radius 3 is 2.62 bits per heavy atom. The van der Waals surface area contributed by atoms with Gasteiger partial charge < -0.3 is 4.74 Å². The second-order valence-electron chi connectivity index (χ2n) is 6.27. The Bertz CT molecular complexity index is 1240. The first-order chi connectivity index (χ1) is 15.3. The molecule has 2 amide bonds. The summed E-state index contributed by atoms with van der Waals surface area (Å²) in [4.78, 5) is 34.4. The molecule has 9 nitrogen and oxygen atoms in total. The van der Waals surface area contributed by atoms with Crippen molar-refractivity contribution in [2.24, 2.45) is 0 Å². The molecule has 0 fully saturated rings. The standard InChI is InChI=1S/C20H14BrClN4O5S/c21-18-13-4-2-1-3-11(13)6-8-16(18)31-10-17(27)23-20(32)25-24-19(28)12-5-7-14(22)15(9-12)26(29)30/h1-9H,10H2,(H,24,28)(H2,23,25,27,32). The summed E-state index contributed by atoms with van der Waals surface area (Å²) in [6, 6.07) is 14.9. The second kappa shape index (κ2) is 10.4. The Kier molecular flexibility index (Phi) is 7.57. The minimum absolute atomic E-state index is 0.0211. The zero-order valence-corrected chi connectivity index (χ0v) is 19.2. The number of carbonyl (C=O) groups is 2. The monoisotopic (exact) mass is 536 g/mol. The number of fused-ring (bicyclic) bond motifs is 1. The molecule has 3 N–H and O–H groups in total. The van der Waals surface area contributed by atoms with Crippen LogP contribution in [0.25, 0.3) is 10.8 Å². The number of hydrogen-bond acceptors (Lipinski definition) is 6. The number of ether oxygens (including phenoxy) is 1. The fourth-order valence-corrected chi connectivity index (χ4v) is 3.60. The van der Waals surface area contributed by atoms with E-state index in [1.54, 1.807) is 6.07 Å². The van der Waals surface area contributed by atoms with E-state index in [4.69, 9.17) is 28.6 Å². The highest BCUT2D eigenvalue weighted by Gasteiger charge is 2.16. The lowest BCUT2D eigenvalue weighted by Crippen LogP contribution is -2.49. The van der Waals surface area contributed by atoms with Crippen molar-refractivity contribution in [3.05, 3.63) is 79.8 Å². The fraction of sp³-hybridized carbons (Fsp3) is 0.0500. The van der Waals surface area contributed by atoms with Crippen LogP contribution in [0, 0.1) is 10.1 Å². The molecule has 0 unspecified atom stereocenters. The third-order valence-corrected chi connectivity index (χ3v) is 5.48. The summed E-state index contributed by atoms with van der Waals surface area (Å²) in [5, 5.41) is 14.9. The minimum Gasteiger partial charge on any atom is -0.483 e. The SMILES string of the molecule is O=C(COc1ccc2ccccc2c1Br)NC(=S)NNC(=O)c1ccc(Cl)c([N+](=O)[O-])c1. The number of hydrogen-bond donors (Lipinski definition) is 3. The van der Waals surface area contributed by atoms with Gasteiger partial charge in [0.25, 0.3) is 17.5 Å².